The summed E-state index contributed by atoms with van der Waals surface area (Å²) in [5, 5.41) is 2.81. The number of rotatable bonds is 5. The van der Waals surface area contributed by atoms with Gasteiger partial charge in [-0.2, -0.15) is 0 Å². The van der Waals surface area contributed by atoms with Gasteiger partial charge >= 0.3 is 0 Å². The van der Waals surface area contributed by atoms with Crippen molar-refractivity contribution in [2.45, 2.75) is 45.8 Å². The standard InChI is InChI=1S/C20H25N3O/c1-15-5-7-17(8-6-15)14-23-11-3-4-20(23)19-10-9-18(13-22-19)12-21-16(2)24/h5-10,13,20H,3-4,11-12,14H2,1-2H3,(H,21,24). The van der Waals surface area contributed by atoms with E-state index in [0.29, 0.717) is 12.6 Å². The topological polar surface area (TPSA) is 45.2 Å². The van der Waals surface area contributed by atoms with Crippen LogP contribution in [0.2, 0.25) is 0 Å². The highest BCUT2D eigenvalue weighted by molar-refractivity contribution is 5.72. The SMILES string of the molecule is CC(=O)NCc1ccc(C2CCCN2Cc2ccc(C)cc2)nc1. The quantitative estimate of drug-likeness (QED) is 0.917. The molecule has 1 unspecified atom stereocenters. The van der Waals surface area contributed by atoms with Gasteiger partial charge < -0.3 is 5.32 Å². The number of pyridine rings is 1. The smallest absolute Gasteiger partial charge is 0.217 e. The second-order valence-corrected chi connectivity index (χ2v) is 6.62. The van der Waals surface area contributed by atoms with Gasteiger partial charge in [0.05, 0.1) is 11.7 Å². The minimum atomic E-state index is -0.0147. The third-order valence-corrected chi connectivity index (χ3v) is 4.60. The summed E-state index contributed by atoms with van der Waals surface area (Å²) in [4.78, 5) is 18.2. The second kappa shape index (κ2) is 7.58. The Labute approximate surface area is 143 Å². The average molecular weight is 323 g/mol. The molecule has 1 fully saturated rings. The van der Waals surface area contributed by atoms with Crippen LogP contribution in [0.4, 0.5) is 0 Å². The molecular weight excluding hydrogens is 298 g/mol. The number of aryl methyl sites for hydroxylation is 1. The molecule has 1 aromatic carbocycles. The Hall–Kier alpha value is -2.20. The molecule has 4 heteroatoms. The molecule has 2 aromatic rings. The summed E-state index contributed by atoms with van der Waals surface area (Å²) in [7, 11) is 0. The largest absolute Gasteiger partial charge is 0.352 e. The zero-order valence-electron chi connectivity index (χ0n) is 14.5. The van der Waals surface area contributed by atoms with Gasteiger partial charge in [0.15, 0.2) is 0 Å². The van der Waals surface area contributed by atoms with Gasteiger partial charge in [-0.1, -0.05) is 35.9 Å². The molecule has 1 N–H and O–H groups in total. The van der Waals surface area contributed by atoms with Crippen LogP contribution in [-0.2, 0) is 17.9 Å². The third-order valence-electron chi connectivity index (χ3n) is 4.60. The van der Waals surface area contributed by atoms with Crippen molar-refractivity contribution in [3.05, 3.63) is 65.0 Å². The number of carbonyl (C=O) groups is 1. The van der Waals surface area contributed by atoms with Gasteiger partial charge in [0.2, 0.25) is 5.91 Å². The molecule has 2 heterocycles. The Morgan fingerprint density at radius 1 is 1.21 bits per heavy atom. The predicted octanol–water partition coefficient (Wildman–Crippen LogP) is 3.36. The zero-order valence-corrected chi connectivity index (χ0v) is 14.5. The van der Waals surface area contributed by atoms with Gasteiger partial charge in [0.25, 0.3) is 0 Å². The molecule has 4 nitrogen and oxygen atoms in total. The van der Waals surface area contributed by atoms with Crippen LogP contribution in [0.25, 0.3) is 0 Å². The van der Waals surface area contributed by atoms with Crippen molar-refractivity contribution >= 4 is 5.91 Å². The first-order valence-corrected chi connectivity index (χ1v) is 8.60. The Balaban J connectivity index is 1.66. The highest BCUT2D eigenvalue weighted by Gasteiger charge is 2.26. The number of aromatic nitrogens is 1. The first-order valence-electron chi connectivity index (χ1n) is 8.60. The average Bonchev–Trinajstić information content (AvgIpc) is 3.03. The molecule has 0 radical (unpaired) electrons. The Kier molecular flexibility index (Phi) is 5.26. The van der Waals surface area contributed by atoms with E-state index in [2.05, 4.69) is 58.5 Å². The van der Waals surface area contributed by atoms with Crippen molar-refractivity contribution in [2.75, 3.05) is 6.54 Å². The summed E-state index contributed by atoms with van der Waals surface area (Å²) in [5.41, 5.74) is 4.83. The molecule has 0 spiro atoms. The monoisotopic (exact) mass is 323 g/mol. The van der Waals surface area contributed by atoms with Crippen LogP contribution >= 0.6 is 0 Å². The fraction of sp³-hybridized carbons (Fsp3) is 0.400. The maximum atomic E-state index is 11.0. The molecule has 24 heavy (non-hydrogen) atoms. The van der Waals surface area contributed by atoms with Crippen molar-refractivity contribution in [1.82, 2.24) is 15.2 Å². The maximum Gasteiger partial charge on any atom is 0.217 e. The van der Waals surface area contributed by atoms with Gasteiger partial charge in [-0.05, 0) is 43.5 Å². The second-order valence-electron chi connectivity index (χ2n) is 6.62. The highest BCUT2D eigenvalue weighted by Crippen LogP contribution is 2.32. The number of nitrogens with zero attached hydrogens (tertiary/aromatic N) is 2. The summed E-state index contributed by atoms with van der Waals surface area (Å²) < 4.78 is 0. The van der Waals surface area contributed by atoms with Crippen LogP contribution in [0, 0.1) is 6.92 Å². The van der Waals surface area contributed by atoms with Crippen molar-refractivity contribution in [2.24, 2.45) is 0 Å². The molecule has 0 saturated carbocycles. The molecule has 1 aliphatic heterocycles. The zero-order chi connectivity index (χ0) is 16.9. The molecule has 0 bridgehead atoms. The van der Waals surface area contributed by atoms with Crippen molar-refractivity contribution < 1.29 is 4.79 Å². The third kappa shape index (κ3) is 4.20. The molecule has 1 aromatic heterocycles. The van der Waals surface area contributed by atoms with Crippen LogP contribution in [0.5, 0.6) is 0 Å². The van der Waals surface area contributed by atoms with E-state index in [9.17, 15) is 4.79 Å². The lowest BCUT2D eigenvalue weighted by Crippen LogP contribution is -2.23. The molecular formula is C20H25N3O. The minimum Gasteiger partial charge on any atom is -0.352 e. The van der Waals surface area contributed by atoms with E-state index in [1.54, 1.807) is 0 Å². The molecule has 1 aliphatic rings. The number of benzene rings is 1. The van der Waals surface area contributed by atoms with Gasteiger partial charge in [0.1, 0.15) is 0 Å². The summed E-state index contributed by atoms with van der Waals surface area (Å²) in [6.45, 7) is 6.28. The van der Waals surface area contributed by atoms with Crippen LogP contribution in [0.3, 0.4) is 0 Å². The van der Waals surface area contributed by atoms with Crippen molar-refractivity contribution in [3.8, 4) is 0 Å². The van der Waals surface area contributed by atoms with E-state index in [1.165, 1.54) is 24.5 Å². The predicted molar refractivity (Wildman–Crippen MR) is 95.3 cm³/mol. The van der Waals surface area contributed by atoms with E-state index in [-0.39, 0.29) is 5.91 Å². The fourth-order valence-electron chi connectivity index (χ4n) is 3.24. The molecule has 0 aliphatic carbocycles. The van der Waals surface area contributed by atoms with Gasteiger partial charge in [-0.3, -0.25) is 14.7 Å². The maximum absolute atomic E-state index is 11.0. The van der Waals surface area contributed by atoms with Crippen molar-refractivity contribution in [3.63, 3.8) is 0 Å². The molecule has 3 rings (SSSR count). The number of hydrogen-bond donors (Lipinski definition) is 1. The summed E-state index contributed by atoms with van der Waals surface area (Å²) in [6, 6.07) is 13.4. The van der Waals surface area contributed by atoms with Crippen LogP contribution in [-0.4, -0.2) is 22.3 Å². The molecule has 1 amide bonds. The van der Waals surface area contributed by atoms with E-state index in [4.69, 9.17) is 0 Å². The summed E-state index contributed by atoms with van der Waals surface area (Å²) in [6.07, 6.45) is 4.25. The Morgan fingerprint density at radius 2 is 1.96 bits per heavy atom. The highest BCUT2D eigenvalue weighted by atomic mass is 16.1. The first kappa shape index (κ1) is 16.7. The molecule has 126 valence electrons. The van der Waals surface area contributed by atoms with Crippen molar-refractivity contribution in [1.29, 1.82) is 0 Å². The lowest BCUT2D eigenvalue weighted by atomic mass is 10.1. The number of nitrogens with one attached hydrogen (secondary N) is 1. The lowest BCUT2D eigenvalue weighted by Gasteiger charge is -2.24. The van der Waals surface area contributed by atoms with Crippen LogP contribution < -0.4 is 5.32 Å². The number of likely N-dealkylation sites (tertiary alicyclic amines) is 1. The first-order chi connectivity index (χ1) is 11.6. The Morgan fingerprint density at radius 3 is 2.62 bits per heavy atom. The summed E-state index contributed by atoms with van der Waals surface area (Å²) in [5.74, 6) is -0.0147. The van der Waals surface area contributed by atoms with E-state index < -0.39 is 0 Å². The number of hydrogen-bond acceptors (Lipinski definition) is 3. The van der Waals surface area contributed by atoms with Gasteiger partial charge in [0, 0.05) is 26.2 Å². The fourth-order valence-corrected chi connectivity index (χ4v) is 3.24. The van der Waals surface area contributed by atoms with E-state index in [0.717, 1.165) is 30.8 Å². The minimum absolute atomic E-state index is 0.0147. The van der Waals surface area contributed by atoms with Crippen LogP contribution in [0.15, 0.2) is 42.6 Å². The normalized spacial score (nSPS) is 17.8. The Bertz CT molecular complexity index is 679. The lowest BCUT2D eigenvalue weighted by molar-refractivity contribution is -0.119. The molecule has 1 saturated heterocycles. The van der Waals surface area contributed by atoms with Crippen LogP contribution in [0.1, 0.15) is 48.2 Å². The van der Waals surface area contributed by atoms with E-state index in [1.807, 2.05) is 6.20 Å². The number of amides is 1. The number of carbonyl (C=O) groups excluding carboxylic acids is 1. The van der Waals surface area contributed by atoms with Gasteiger partial charge in [-0.25, -0.2) is 0 Å². The van der Waals surface area contributed by atoms with Gasteiger partial charge in [-0.15, -0.1) is 0 Å². The van der Waals surface area contributed by atoms with E-state index >= 15 is 0 Å². The summed E-state index contributed by atoms with van der Waals surface area (Å²) >= 11 is 0. The molecule has 1 atom stereocenters.